The van der Waals surface area contributed by atoms with Crippen LogP contribution in [0.3, 0.4) is 0 Å². The summed E-state index contributed by atoms with van der Waals surface area (Å²) in [7, 11) is 0. The highest BCUT2D eigenvalue weighted by Gasteiger charge is 2.14. The molecule has 20 heavy (non-hydrogen) atoms. The van der Waals surface area contributed by atoms with Gasteiger partial charge in [0, 0.05) is 4.90 Å². The monoisotopic (exact) mass is 314 g/mol. The molecule has 0 aliphatic rings. The largest absolute Gasteiger partial charge is 0.409 e. The summed E-state index contributed by atoms with van der Waals surface area (Å²) in [6, 6.07) is 7.94. The van der Waals surface area contributed by atoms with Gasteiger partial charge < -0.3 is 10.9 Å². The van der Waals surface area contributed by atoms with Crippen molar-refractivity contribution in [1.82, 2.24) is 0 Å². The fourth-order valence-electron chi connectivity index (χ4n) is 1.56. The van der Waals surface area contributed by atoms with Gasteiger partial charge in [-0.2, -0.15) is 0 Å². The van der Waals surface area contributed by atoms with Gasteiger partial charge >= 0.3 is 0 Å². The minimum absolute atomic E-state index is 0.0826. The Kier molecular flexibility index (Phi) is 4.46. The average molecular weight is 315 g/mol. The predicted octanol–water partition coefficient (Wildman–Crippen LogP) is 3.86. The van der Waals surface area contributed by atoms with E-state index in [0.29, 0.717) is 4.90 Å². The van der Waals surface area contributed by atoms with Crippen LogP contribution in [0.1, 0.15) is 5.56 Å². The van der Waals surface area contributed by atoms with Gasteiger partial charge in [-0.05, 0) is 30.3 Å². The van der Waals surface area contributed by atoms with E-state index in [1.807, 2.05) is 0 Å². The zero-order valence-electron chi connectivity index (χ0n) is 9.98. The third kappa shape index (κ3) is 3.02. The molecular weight excluding hydrogens is 306 g/mol. The third-order valence-electron chi connectivity index (χ3n) is 2.45. The molecule has 2 aromatic rings. The smallest absolute Gasteiger partial charge is 0.172 e. The molecule has 0 atom stereocenters. The van der Waals surface area contributed by atoms with Crippen LogP contribution in [0.2, 0.25) is 5.02 Å². The molecule has 0 spiro atoms. The van der Waals surface area contributed by atoms with Gasteiger partial charge in [0.05, 0.1) is 15.5 Å². The van der Waals surface area contributed by atoms with E-state index in [9.17, 15) is 8.78 Å². The molecule has 0 saturated carbocycles. The van der Waals surface area contributed by atoms with Crippen molar-refractivity contribution in [3.63, 3.8) is 0 Å². The first-order valence-electron chi connectivity index (χ1n) is 5.42. The highest BCUT2D eigenvalue weighted by Crippen LogP contribution is 2.35. The molecule has 0 bridgehead atoms. The van der Waals surface area contributed by atoms with Crippen LogP contribution in [0.5, 0.6) is 0 Å². The molecule has 0 amide bonds. The molecule has 3 nitrogen and oxygen atoms in total. The maximum absolute atomic E-state index is 13.6. The molecule has 0 aliphatic carbocycles. The molecule has 2 rings (SSSR count). The first kappa shape index (κ1) is 14.6. The van der Waals surface area contributed by atoms with E-state index in [2.05, 4.69) is 5.16 Å². The van der Waals surface area contributed by atoms with E-state index >= 15 is 0 Å². The molecule has 7 heteroatoms. The highest BCUT2D eigenvalue weighted by molar-refractivity contribution is 7.99. The summed E-state index contributed by atoms with van der Waals surface area (Å²) in [4.78, 5) is 0.538. The number of halogens is 3. The van der Waals surface area contributed by atoms with Crippen LogP contribution >= 0.6 is 23.4 Å². The Morgan fingerprint density at radius 2 is 1.95 bits per heavy atom. The molecule has 0 unspecified atom stereocenters. The SMILES string of the molecule is NC(=NO)c1c(Cl)cccc1Sc1cc(F)ccc1F. The minimum atomic E-state index is -0.568. The second kappa shape index (κ2) is 6.11. The number of benzene rings is 2. The number of nitrogens with two attached hydrogens (primary N) is 1. The van der Waals surface area contributed by atoms with E-state index in [-0.39, 0.29) is 21.3 Å². The molecule has 0 aromatic heterocycles. The van der Waals surface area contributed by atoms with Crippen molar-refractivity contribution in [2.24, 2.45) is 10.9 Å². The minimum Gasteiger partial charge on any atom is -0.409 e. The number of nitrogens with zero attached hydrogens (tertiary/aromatic N) is 1. The zero-order valence-corrected chi connectivity index (χ0v) is 11.6. The molecule has 0 radical (unpaired) electrons. The van der Waals surface area contributed by atoms with E-state index in [1.165, 1.54) is 0 Å². The second-order valence-corrected chi connectivity index (χ2v) is 5.27. The zero-order chi connectivity index (χ0) is 14.7. The van der Waals surface area contributed by atoms with Crippen LogP contribution in [0.25, 0.3) is 0 Å². The highest BCUT2D eigenvalue weighted by atomic mass is 35.5. The molecular formula is C13H9ClF2N2OS. The Labute approximate surface area is 123 Å². The first-order chi connectivity index (χ1) is 9.52. The topological polar surface area (TPSA) is 58.6 Å². The number of hydrogen-bond acceptors (Lipinski definition) is 3. The summed E-state index contributed by atoms with van der Waals surface area (Å²) in [5.74, 6) is -1.32. The van der Waals surface area contributed by atoms with Gasteiger partial charge in [0.2, 0.25) is 0 Å². The maximum Gasteiger partial charge on any atom is 0.172 e. The van der Waals surface area contributed by atoms with Crippen molar-refractivity contribution in [2.75, 3.05) is 0 Å². The summed E-state index contributed by atoms with van der Waals surface area (Å²) in [5.41, 5.74) is 5.82. The van der Waals surface area contributed by atoms with E-state index in [4.69, 9.17) is 22.5 Å². The van der Waals surface area contributed by atoms with Crippen LogP contribution in [0.15, 0.2) is 51.3 Å². The average Bonchev–Trinajstić information content (AvgIpc) is 2.42. The molecule has 104 valence electrons. The lowest BCUT2D eigenvalue weighted by Crippen LogP contribution is -2.14. The molecule has 0 aliphatic heterocycles. The van der Waals surface area contributed by atoms with Crippen LogP contribution in [0, 0.1) is 11.6 Å². The van der Waals surface area contributed by atoms with Crippen LogP contribution in [0.4, 0.5) is 8.78 Å². The van der Waals surface area contributed by atoms with E-state index < -0.39 is 11.6 Å². The van der Waals surface area contributed by atoms with Crippen LogP contribution in [-0.4, -0.2) is 11.0 Å². The Morgan fingerprint density at radius 3 is 2.65 bits per heavy atom. The Bertz CT molecular complexity index is 679. The van der Waals surface area contributed by atoms with Gasteiger partial charge in [0.1, 0.15) is 11.6 Å². The molecule has 3 N–H and O–H groups in total. The predicted molar refractivity (Wildman–Crippen MR) is 74.4 cm³/mol. The van der Waals surface area contributed by atoms with E-state index in [1.54, 1.807) is 18.2 Å². The van der Waals surface area contributed by atoms with Crippen LogP contribution in [-0.2, 0) is 0 Å². The molecule has 0 fully saturated rings. The third-order valence-corrected chi connectivity index (χ3v) is 3.86. The van der Waals surface area contributed by atoms with Crippen molar-refractivity contribution in [3.05, 3.63) is 58.6 Å². The standard InChI is InChI=1S/C13H9ClF2N2OS/c14-8-2-1-3-10(12(8)13(17)18-19)20-11-6-7(15)4-5-9(11)16/h1-6,19H,(H2,17,18). The summed E-state index contributed by atoms with van der Waals surface area (Å²) < 4.78 is 26.8. The number of rotatable bonds is 3. The Balaban J connectivity index is 2.49. The summed E-state index contributed by atoms with van der Waals surface area (Å²) in [5, 5.41) is 11.9. The number of hydrogen-bond donors (Lipinski definition) is 2. The molecule has 2 aromatic carbocycles. The van der Waals surface area contributed by atoms with Gasteiger partial charge in [-0.1, -0.05) is 34.6 Å². The fourth-order valence-corrected chi connectivity index (χ4v) is 2.93. The quantitative estimate of drug-likeness (QED) is 0.391. The van der Waals surface area contributed by atoms with Gasteiger partial charge in [0.15, 0.2) is 5.84 Å². The normalized spacial score (nSPS) is 11.7. The Hall–Kier alpha value is -1.79. The van der Waals surface area contributed by atoms with Crippen molar-refractivity contribution < 1.29 is 14.0 Å². The van der Waals surface area contributed by atoms with Gasteiger partial charge in [0.25, 0.3) is 0 Å². The Morgan fingerprint density at radius 1 is 1.20 bits per heavy atom. The number of oxime groups is 1. The first-order valence-corrected chi connectivity index (χ1v) is 6.61. The van der Waals surface area contributed by atoms with Crippen molar-refractivity contribution >= 4 is 29.2 Å². The lowest BCUT2D eigenvalue weighted by molar-refractivity contribution is 0.318. The number of amidine groups is 1. The second-order valence-electron chi connectivity index (χ2n) is 3.78. The summed E-state index contributed by atoms with van der Waals surface area (Å²) >= 11 is 6.93. The molecule has 0 heterocycles. The lowest BCUT2D eigenvalue weighted by atomic mass is 10.2. The summed E-state index contributed by atoms with van der Waals surface area (Å²) in [6.45, 7) is 0. The van der Waals surface area contributed by atoms with E-state index in [0.717, 1.165) is 30.0 Å². The van der Waals surface area contributed by atoms with Gasteiger partial charge in [-0.25, -0.2) is 8.78 Å². The maximum atomic E-state index is 13.6. The molecule has 0 saturated heterocycles. The van der Waals surface area contributed by atoms with Crippen LogP contribution < -0.4 is 5.73 Å². The van der Waals surface area contributed by atoms with Gasteiger partial charge in [-0.15, -0.1) is 0 Å². The lowest BCUT2D eigenvalue weighted by Gasteiger charge is -2.10. The summed E-state index contributed by atoms with van der Waals surface area (Å²) in [6.07, 6.45) is 0. The van der Waals surface area contributed by atoms with Crippen molar-refractivity contribution in [1.29, 1.82) is 0 Å². The van der Waals surface area contributed by atoms with Crippen molar-refractivity contribution in [3.8, 4) is 0 Å². The van der Waals surface area contributed by atoms with Gasteiger partial charge in [-0.3, -0.25) is 0 Å². The van der Waals surface area contributed by atoms with Crippen molar-refractivity contribution in [2.45, 2.75) is 9.79 Å². The fraction of sp³-hybridized carbons (Fsp3) is 0.